The van der Waals surface area contributed by atoms with Gasteiger partial charge < -0.3 is 0 Å². The van der Waals surface area contributed by atoms with Crippen molar-refractivity contribution in [3.05, 3.63) is 51.0 Å². The van der Waals surface area contributed by atoms with Gasteiger partial charge in [-0.3, -0.25) is 4.79 Å². The molecule has 1 aromatic heterocycles. The van der Waals surface area contributed by atoms with Gasteiger partial charge in [0.25, 0.3) is 0 Å². The molecular weight excluding hydrogens is 254 g/mol. The van der Waals surface area contributed by atoms with E-state index in [0.717, 1.165) is 16.3 Å². The summed E-state index contributed by atoms with van der Waals surface area (Å²) in [6, 6.07) is 7.92. The molecule has 19 heavy (non-hydrogen) atoms. The van der Waals surface area contributed by atoms with E-state index in [2.05, 4.69) is 18.8 Å². The van der Waals surface area contributed by atoms with Gasteiger partial charge in [0, 0.05) is 10.4 Å². The second-order valence-electron chi connectivity index (χ2n) is 5.13. The Hall–Kier alpha value is -1.48. The zero-order valence-electron chi connectivity index (χ0n) is 11.9. The van der Waals surface area contributed by atoms with Crippen molar-refractivity contribution >= 4 is 17.1 Å². The zero-order chi connectivity index (χ0) is 14.0. The molecule has 0 aliphatic rings. The van der Waals surface area contributed by atoms with Gasteiger partial charge in [0.15, 0.2) is 5.78 Å². The molecule has 0 spiro atoms. The third kappa shape index (κ3) is 3.29. The fourth-order valence-electron chi connectivity index (χ4n) is 1.91. The minimum Gasteiger partial charge on any atom is -0.294 e. The first-order chi connectivity index (χ1) is 8.97. The standard InChI is InChI=1S/C16H19NOS/c1-10(2)13-5-7-14(8-6-13)15(18)9-16-17-11(3)12(4)19-16/h5-8,10H,9H2,1-4H3. The van der Waals surface area contributed by atoms with Crippen molar-refractivity contribution in [2.24, 2.45) is 0 Å². The largest absolute Gasteiger partial charge is 0.294 e. The van der Waals surface area contributed by atoms with E-state index in [-0.39, 0.29) is 5.78 Å². The summed E-state index contributed by atoms with van der Waals surface area (Å²) in [4.78, 5) is 17.8. The van der Waals surface area contributed by atoms with E-state index in [9.17, 15) is 4.79 Å². The molecule has 1 aromatic carbocycles. The van der Waals surface area contributed by atoms with Gasteiger partial charge in [0.1, 0.15) is 5.01 Å². The lowest BCUT2D eigenvalue weighted by atomic mass is 10.00. The maximum absolute atomic E-state index is 12.2. The van der Waals surface area contributed by atoms with Crippen LogP contribution >= 0.6 is 11.3 Å². The summed E-state index contributed by atoms with van der Waals surface area (Å²) in [7, 11) is 0. The van der Waals surface area contributed by atoms with E-state index < -0.39 is 0 Å². The minimum absolute atomic E-state index is 0.143. The van der Waals surface area contributed by atoms with Gasteiger partial charge in [-0.15, -0.1) is 11.3 Å². The molecule has 0 fully saturated rings. The summed E-state index contributed by atoms with van der Waals surface area (Å²) in [5.74, 6) is 0.637. The van der Waals surface area contributed by atoms with Crippen LogP contribution < -0.4 is 0 Å². The predicted octanol–water partition coefficient (Wildman–Crippen LogP) is 4.31. The number of hydrogen-bond donors (Lipinski definition) is 0. The Balaban J connectivity index is 2.11. The SMILES string of the molecule is Cc1nc(CC(=O)c2ccc(C(C)C)cc2)sc1C. The first kappa shape index (κ1) is 13.9. The third-order valence-electron chi connectivity index (χ3n) is 3.28. The van der Waals surface area contributed by atoms with Crippen LogP contribution in [0.3, 0.4) is 0 Å². The number of carbonyl (C=O) groups is 1. The fourth-order valence-corrected chi connectivity index (χ4v) is 2.84. The van der Waals surface area contributed by atoms with E-state index in [0.29, 0.717) is 12.3 Å². The number of thiazole rings is 1. The molecule has 0 aliphatic heterocycles. The number of carbonyl (C=O) groups excluding carboxylic acids is 1. The average Bonchev–Trinajstić information content (AvgIpc) is 2.68. The molecule has 100 valence electrons. The van der Waals surface area contributed by atoms with Crippen molar-refractivity contribution in [3.63, 3.8) is 0 Å². The van der Waals surface area contributed by atoms with Crippen LogP contribution in [0.15, 0.2) is 24.3 Å². The Morgan fingerprint density at radius 1 is 1.21 bits per heavy atom. The van der Waals surface area contributed by atoms with Crippen LogP contribution in [-0.2, 0) is 6.42 Å². The lowest BCUT2D eigenvalue weighted by Crippen LogP contribution is -2.03. The van der Waals surface area contributed by atoms with Gasteiger partial charge in [-0.2, -0.15) is 0 Å². The Labute approximate surface area is 118 Å². The highest BCUT2D eigenvalue weighted by molar-refractivity contribution is 7.11. The van der Waals surface area contributed by atoms with Crippen molar-refractivity contribution < 1.29 is 4.79 Å². The average molecular weight is 273 g/mol. The molecule has 0 atom stereocenters. The molecule has 0 aliphatic carbocycles. The van der Waals surface area contributed by atoms with Crippen molar-refractivity contribution in [2.75, 3.05) is 0 Å². The minimum atomic E-state index is 0.143. The second kappa shape index (κ2) is 5.66. The number of rotatable bonds is 4. The molecule has 3 heteroatoms. The number of benzene rings is 1. The van der Waals surface area contributed by atoms with E-state index >= 15 is 0 Å². The number of nitrogens with zero attached hydrogens (tertiary/aromatic N) is 1. The van der Waals surface area contributed by atoms with Gasteiger partial charge >= 0.3 is 0 Å². The van der Waals surface area contributed by atoms with Crippen LogP contribution in [-0.4, -0.2) is 10.8 Å². The van der Waals surface area contributed by atoms with Crippen LogP contribution in [0.5, 0.6) is 0 Å². The van der Waals surface area contributed by atoms with Gasteiger partial charge in [-0.25, -0.2) is 4.98 Å². The molecule has 0 N–H and O–H groups in total. The maximum Gasteiger partial charge on any atom is 0.169 e. The number of ketones is 1. The summed E-state index contributed by atoms with van der Waals surface area (Å²) in [6.07, 6.45) is 0.403. The molecule has 2 nitrogen and oxygen atoms in total. The first-order valence-corrected chi connectivity index (χ1v) is 7.35. The highest BCUT2D eigenvalue weighted by Crippen LogP contribution is 2.19. The van der Waals surface area contributed by atoms with Crippen molar-refractivity contribution in [3.8, 4) is 0 Å². The highest BCUT2D eigenvalue weighted by Gasteiger charge is 2.11. The Kier molecular flexibility index (Phi) is 4.15. The van der Waals surface area contributed by atoms with Crippen LogP contribution in [0.2, 0.25) is 0 Å². The van der Waals surface area contributed by atoms with E-state index in [1.54, 1.807) is 11.3 Å². The van der Waals surface area contributed by atoms with Gasteiger partial charge in [0.2, 0.25) is 0 Å². The lowest BCUT2D eigenvalue weighted by Gasteiger charge is -2.05. The molecule has 0 saturated carbocycles. The molecule has 0 saturated heterocycles. The first-order valence-electron chi connectivity index (χ1n) is 6.53. The van der Waals surface area contributed by atoms with Crippen molar-refractivity contribution in [1.82, 2.24) is 4.98 Å². The van der Waals surface area contributed by atoms with Gasteiger partial charge in [-0.1, -0.05) is 38.1 Å². The summed E-state index contributed by atoms with van der Waals surface area (Å²) in [5.41, 5.74) is 3.07. The lowest BCUT2D eigenvalue weighted by molar-refractivity contribution is 0.0993. The topological polar surface area (TPSA) is 30.0 Å². The van der Waals surface area contributed by atoms with Crippen LogP contribution in [0.1, 0.15) is 51.3 Å². The van der Waals surface area contributed by atoms with Crippen molar-refractivity contribution in [1.29, 1.82) is 0 Å². The molecule has 2 rings (SSSR count). The molecule has 0 amide bonds. The monoisotopic (exact) mass is 273 g/mol. The summed E-state index contributed by atoms with van der Waals surface area (Å²) >= 11 is 1.61. The van der Waals surface area contributed by atoms with Crippen LogP contribution in [0, 0.1) is 13.8 Å². The Bertz CT molecular complexity index is 562. The molecule has 0 bridgehead atoms. The van der Waals surface area contributed by atoms with E-state index in [1.165, 1.54) is 10.4 Å². The maximum atomic E-state index is 12.2. The van der Waals surface area contributed by atoms with Gasteiger partial charge in [-0.05, 0) is 25.3 Å². The molecule has 2 aromatic rings. The Morgan fingerprint density at radius 3 is 2.32 bits per heavy atom. The summed E-state index contributed by atoms with van der Waals surface area (Å²) < 4.78 is 0. The smallest absolute Gasteiger partial charge is 0.169 e. The molecule has 0 unspecified atom stereocenters. The number of Topliss-reactive ketones (excluding diaryl/α,β-unsaturated/α-hetero) is 1. The zero-order valence-corrected chi connectivity index (χ0v) is 12.7. The van der Waals surface area contributed by atoms with Crippen LogP contribution in [0.25, 0.3) is 0 Å². The number of aryl methyl sites for hydroxylation is 2. The van der Waals surface area contributed by atoms with E-state index in [1.807, 2.05) is 38.1 Å². The van der Waals surface area contributed by atoms with Gasteiger partial charge in [0.05, 0.1) is 12.1 Å². The van der Waals surface area contributed by atoms with E-state index in [4.69, 9.17) is 0 Å². The Morgan fingerprint density at radius 2 is 1.84 bits per heavy atom. The van der Waals surface area contributed by atoms with Crippen molar-refractivity contribution in [2.45, 2.75) is 40.0 Å². The van der Waals surface area contributed by atoms with Crippen LogP contribution in [0.4, 0.5) is 0 Å². The molecule has 0 radical (unpaired) electrons. The quantitative estimate of drug-likeness (QED) is 0.777. The normalized spacial score (nSPS) is 11.0. The number of aromatic nitrogens is 1. The second-order valence-corrected chi connectivity index (χ2v) is 6.41. The highest BCUT2D eigenvalue weighted by atomic mass is 32.1. The molecule has 1 heterocycles. The molecular formula is C16H19NOS. The third-order valence-corrected chi connectivity index (χ3v) is 4.36. The number of hydrogen-bond acceptors (Lipinski definition) is 3. The summed E-state index contributed by atoms with van der Waals surface area (Å²) in [5, 5.41) is 0.910. The summed E-state index contributed by atoms with van der Waals surface area (Å²) in [6.45, 7) is 8.32. The fraction of sp³-hybridized carbons (Fsp3) is 0.375. The predicted molar refractivity (Wildman–Crippen MR) is 80.2 cm³/mol.